The van der Waals surface area contributed by atoms with Gasteiger partial charge in [-0.1, -0.05) is 29.8 Å². The van der Waals surface area contributed by atoms with Crippen molar-refractivity contribution in [1.82, 2.24) is 10.2 Å². The van der Waals surface area contributed by atoms with Gasteiger partial charge < -0.3 is 14.5 Å². The van der Waals surface area contributed by atoms with Crippen LogP contribution in [0.15, 0.2) is 77.2 Å². The minimum Gasteiger partial charge on any atom is -0.493 e. The highest BCUT2D eigenvalue weighted by molar-refractivity contribution is 6.31. The van der Waals surface area contributed by atoms with Crippen molar-refractivity contribution in [2.24, 2.45) is 0 Å². The van der Waals surface area contributed by atoms with Gasteiger partial charge in [0.1, 0.15) is 5.75 Å². The predicted octanol–water partition coefficient (Wildman–Crippen LogP) is 5.71. The molecule has 7 heteroatoms. The average Bonchev–Trinajstić information content (AvgIpc) is 3.26. The first kappa shape index (κ1) is 19.7. The molecule has 4 rings (SSSR count). The minimum atomic E-state index is -0.308. The highest BCUT2D eigenvalue weighted by Crippen LogP contribution is 2.26. The number of ether oxygens (including phenoxy) is 1. The van der Waals surface area contributed by atoms with E-state index in [0.717, 1.165) is 11.1 Å². The number of anilines is 1. The second-order valence-corrected chi connectivity index (χ2v) is 6.82. The molecule has 0 aliphatic carbocycles. The highest BCUT2D eigenvalue weighted by Gasteiger charge is 2.15. The van der Waals surface area contributed by atoms with Gasteiger partial charge in [-0.05, 0) is 61.5 Å². The molecule has 0 atom stereocenters. The molecule has 0 saturated heterocycles. The first-order chi connectivity index (χ1) is 14.6. The van der Waals surface area contributed by atoms with E-state index in [1.165, 1.54) is 0 Å². The summed E-state index contributed by atoms with van der Waals surface area (Å²) in [6, 6.07) is 21.7. The van der Waals surface area contributed by atoms with Crippen molar-refractivity contribution in [3.63, 3.8) is 0 Å². The van der Waals surface area contributed by atoms with E-state index in [2.05, 4.69) is 15.5 Å². The Morgan fingerprint density at radius 1 is 0.967 bits per heavy atom. The SMILES string of the molecule is CCOc1ccc(Cl)cc1C(=O)Nc1ccc(-c2nnc(-c3ccccc3)o2)cc1. The molecule has 0 aliphatic heterocycles. The highest BCUT2D eigenvalue weighted by atomic mass is 35.5. The summed E-state index contributed by atoms with van der Waals surface area (Å²) in [6.07, 6.45) is 0. The Kier molecular flexibility index (Phi) is 5.77. The van der Waals surface area contributed by atoms with Gasteiger partial charge in [0.25, 0.3) is 5.91 Å². The zero-order chi connectivity index (χ0) is 20.9. The maximum absolute atomic E-state index is 12.7. The first-order valence-corrected chi connectivity index (χ1v) is 9.75. The first-order valence-electron chi connectivity index (χ1n) is 9.37. The normalized spacial score (nSPS) is 10.6. The van der Waals surface area contributed by atoms with Crippen molar-refractivity contribution in [2.75, 3.05) is 11.9 Å². The number of carbonyl (C=O) groups is 1. The van der Waals surface area contributed by atoms with Crippen molar-refractivity contribution in [1.29, 1.82) is 0 Å². The molecule has 6 nitrogen and oxygen atoms in total. The fourth-order valence-corrected chi connectivity index (χ4v) is 3.06. The molecule has 0 aliphatic rings. The Morgan fingerprint density at radius 2 is 1.63 bits per heavy atom. The standard InChI is InChI=1S/C23H18ClN3O3/c1-2-29-20-13-10-17(24)14-19(20)21(28)25-18-11-8-16(9-12-18)23-27-26-22(30-23)15-6-4-3-5-7-15/h3-14H,2H2,1H3,(H,25,28). The molecule has 0 bridgehead atoms. The molecule has 1 N–H and O–H groups in total. The second-order valence-electron chi connectivity index (χ2n) is 6.38. The van der Waals surface area contributed by atoms with Gasteiger partial charge in [0.2, 0.25) is 11.8 Å². The molecular formula is C23H18ClN3O3. The largest absolute Gasteiger partial charge is 0.493 e. The van der Waals surface area contributed by atoms with Crippen LogP contribution in [0.5, 0.6) is 5.75 Å². The molecule has 1 heterocycles. The van der Waals surface area contributed by atoms with Crippen molar-refractivity contribution in [2.45, 2.75) is 6.92 Å². The third-order valence-electron chi connectivity index (χ3n) is 4.32. The zero-order valence-electron chi connectivity index (χ0n) is 16.1. The van der Waals surface area contributed by atoms with Gasteiger partial charge in [-0.2, -0.15) is 0 Å². The van der Waals surface area contributed by atoms with E-state index in [0.29, 0.717) is 40.4 Å². The summed E-state index contributed by atoms with van der Waals surface area (Å²) >= 11 is 6.04. The fraction of sp³-hybridized carbons (Fsp3) is 0.0870. The van der Waals surface area contributed by atoms with E-state index in [1.807, 2.05) is 37.3 Å². The van der Waals surface area contributed by atoms with E-state index in [-0.39, 0.29) is 5.91 Å². The lowest BCUT2D eigenvalue weighted by atomic mass is 10.1. The topological polar surface area (TPSA) is 77.2 Å². The third-order valence-corrected chi connectivity index (χ3v) is 4.56. The van der Waals surface area contributed by atoms with Crippen LogP contribution < -0.4 is 10.1 Å². The van der Waals surface area contributed by atoms with E-state index in [9.17, 15) is 4.79 Å². The molecule has 0 unspecified atom stereocenters. The predicted molar refractivity (Wildman–Crippen MR) is 116 cm³/mol. The third kappa shape index (κ3) is 4.34. The van der Waals surface area contributed by atoms with Gasteiger partial charge in [0.15, 0.2) is 0 Å². The maximum atomic E-state index is 12.7. The van der Waals surface area contributed by atoms with Gasteiger partial charge in [0.05, 0.1) is 12.2 Å². The van der Waals surface area contributed by atoms with Crippen LogP contribution in [0.1, 0.15) is 17.3 Å². The number of amides is 1. The fourth-order valence-electron chi connectivity index (χ4n) is 2.89. The van der Waals surface area contributed by atoms with E-state index in [4.69, 9.17) is 20.8 Å². The van der Waals surface area contributed by atoms with E-state index < -0.39 is 0 Å². The monoisotopic (exact) mass is 419 g/mol. The Hall–Kier alpha value is -3.64. The van der Waals surface area contributed by atoms with Crippen LogP contribution in [0, 0.1) is 0 Å². The number of rotatable bonds is 6. The summed E-state index contributed by atoms with van der Waals surface area (Å²) in [7, 11) is 0. The number of carbonyl (C=O) groups excluding carboxylic acids is 1. The second kappa shape index (κ2) is 8.80. The number of nitrogens with zero attached hydrogens (tertiary/aromatic N) is 2. The van der Waals surface area contributed by atoms with Gasteiger partial charge in [-0.15, -0.1) is 10.2 Å². The molecule has 0 fully saturated rings. The smallest absolute Gasteiger partial charge is 0.259 e. The summed E-state index contributed by atoms with van der Waals surface area (Å²) in [6.45, 7) is 2.31. The Labute approximate surface area is 178 Å². The van der Waals surface area contributed by atoms with Gasteiger partial charge in [0, 0.05) is 21.8 Å². The Morgan fingerprint density at radius 3 is 2.30 bits per heavy atom. The minimum absolute atomic E-state index is 0.308. The van der Waals surface area contributed by atoms with Crippen LogP contribution >= 0.6 is 11.6 Å². The molecule has 1 aromatic heterocycles. The maximum Gasteiger partial charge on any atom is 0.259 e. The summed E-state index contributed by atoms with van der Waals surface area (Å²) in [5.74, 6) is 1.03. The molecule has 0 radical (unpaired) electrons. The number of benzene rings is 3. The van der Waals surface area contributed by atoms with Crippen LogP contribution in [0.3, 0.4) is 0 Å². The Balaban J connectivity index is 1.50. The molecule has 150 valence electrons. The summed E-state index contributed by atoms with van der Waals surface area (Å²) in [5, 5.41) is 11.5. The van der Waals surface area contributed by atoms with Crippen molar-refractivity contribution in [3.05, 3.63) is 83.4 Å². The number of nitrogens with one attached hydrogen (secondary N) is 1. The Bertz CT molecular complexity index is 1160. The number of hydrogen-bond donors (Lipinski definition) is 1. The quantitative estimate of drug-likeness (QED) is 0.433. The van der Waals surface area contributed by atoms with Crippen molar-refractivity contribution < 1.29 is 13.9 Å². The van der Waals surface area contributed by atoms with Crippen molar-refractivity contribution >= 4 is 23.2 Å². The molecule has 3 aromatic carbocycles. The van der Waals surface area contributed by atoms with Crippen LogP contribution in [0.2, 0.25) is 5.02 Å². The summed E-state index contributed by atoms with van der Waals surface area (Å²) in [4.78, 5) is 12.7. The lowest BCUT2D eigenvalue weighted by Crippen LogP contribution is -2.13. The zero-order valence-corrected chi connectivity index (χ0v) is 16.9. The molecule has 0 spiro atoms. The number of halogens is 1. The lowest BCUT2D eigenvalue weighted by Gasteiger charge is -2.11. The summed E-state index contributed by atoms with van der Waals surface area (Å²) in [5.41, 5.74) is 2.60. The van der Waals surface area contributed by atoms with E-state index in [1.54, 1.807) is 42.5 Å². The summed E-state index contributed by atoms with van der Waals surface area (Å²) < 4.78 is 11.3. The molecule has 4 aromatic rings. The molecule has 1 amide bonds. The van der Waals surface area contributed by atoms with E-state index >= 15 is 0 Å². The molecule has 0 saturated carbocycles. The molecule has 30 heavy (non-hydrogen) atoms. The number of aromatic nitrogens is 2. The van der Waals surface area contributed by atoms with Gasteiger partial charge in [-0.3, -0.25) is 4.79 Å². The van der Waals surface area contributed by atoms with Crippen molar-refractivity contribution in [3.8, 4) is 28.7 Å². The van der Waals surface area contributed by atoms with Gasteiger partial charge in [-0.25, -0.2) is 0 Å². The van der Waals surface area contributed by atoms with Crippen LogP contribution in [0.4, 0.5) is 5.69 Å². The lowest BCUT2D eigenvalue weighted by molar-refractivity contribution is 0.102. The molecular weight excluding hydrogens is 402 g/mol. The average molecular weight is 420 g/mol. The van der Waals surface area contributed by atoms with Crippen LogP contribution in [0.25, 0.3) is 22.9 Å². The van der Waals surface area contributed by atoms with Gasteiger partial charge >= 0.3 is 0 Å². The number of hydrogen-bond acceptors (Lipinski definition) is 5. The van der Waals surface area contributed by atoms with Crippen LogP contribution in [-0.4, -0.2) is 22.7 Å². The van der Waals surface area contributed by atoms with Crippen LogP contribution in [-0.2, 0) is 0 Å².